The number of aromatic nitrogens is 2. The van der Waals surface area contributed by atoms with Gasteiger partial charge in [-0.05, 0) is 12.1 Å². The van der Waals surface area contributed by atoms with Crippen LogP contribution >= 0.6 is 34.8 Å². The molecule has 3 N–H and O–H groups in total. The third-order valence-electron chi connectivity index (χ3n) is 2.31. The van der Waals surface area contributed by atoms with Crippen LogP contribution in [0.2, 0.25) is 15.1 Å². The average molecular weight is 358 g/mol. The number of rotatable bonds is 2. The number of alkyl halides is 3. The van der Waals surface area contributed by atoms with E-state index in [1.165, 1.54) is 12.1 Å². The number of nitrogens with two attached hydrogens (primary N) is 1. The summed E-state index contributed by atoms with van der Waals surface area (Å²) in [6.07, 6.45) is -4.64. The van der Waals surface area contributed by atoms with E-state index in [1.807, 2.05) is 0 Å². The second-order valence-corrected chi connectivity index (χ2v) is 5.09. The number of hydrogen-bond acceptors (Lipinski definition) is 4. The van der Waals surface area contributed by atoms with Crippen molar-refractivity contribution in [3.8, 4) is 0 Å². The molecule has 0 saturated carbocycles. The fourth-order valence-corrected chi connectivity index (χ4v) is 2.03. The third-order valence-corrected chi connectivity index (χ3v) is 3.34. The van der Waals surface area contributed by atoms with Crippen molar-refractivity contribution in [2.75, 3.05) is 11.1 Å². The first-order chi connectivity index (χ1) is 9.66. The van der Waals surface area contributed by atoms with Gasteiger partial charge in [0.25, 0.3) is 0 Å². The summed E-state index contributed by atoms with van der Waals surface area (Å²) in [7, 11) is 0. The van der Waals surface area contributed by atoms with Gasteiger partial charge in [0, 0.05) is 6.07 Å². The minimum absolute atomic E-state index is 0.162. The van der Waals surface area contributed by atoms with E-state index < -0.39 is 17.8 Å². The third kappa shape index (κ3) is 3.81. The molecule has 2 aromatic rings. The fourth-order valence-electron chi connectivity index (χ4n) is 1.43. The van der Waals surface area contributed by atoms with Crippen molar-refractivity contribution < 1.29 is 13.2 Å². The van der Waals surface area contributed by atoms with E-state index in [4.69, 9.17) is 40.5 Å². The molecule has 1 aromatic heterocycles. The van der Waals surface area contributed by atoms with E-state index in [0.29, 0.717) is 6.07 Å². The molecule has 10 heteroatoms. The highest BCUT2D eigenvalue weighted by atomic mass is 35.5. The number of anilines is 3. The molecule has 0 fully saturated rings. The second-order valence-electron chi connectivity index (χ2n) is 3.87. The number of nitrogens with zero attached hydrogens (tertiary/aromatic N) is 2. The summed E-state index contributed by atoms with van der Waals surface area (Å²) < 4.78 is 37.9. The quantitative estimate of drug-likeness (QED) is 0.759. The van der Waals surface area contributed by atoms with Gasteiger partial charge in [0.2, 0.25) is 5.95 Å². The van der Waals surface area contributed by atoms with E-state index in [9.17, 15) is 13.2 Å². The van der Waals surface area contributed by atoms with Gasteiger partial charge in [-0.1, -0.05) is 34.8 Å². The number of hydrogen-bond donors (Lipinski definition) is 2. The van der Waals surface area contributed by atoms with Crippen molar-refractivity contribution in [2.45, 2.75) is 6.18 Å². The molecular weight excluding hydrogens is 352 g/mol. The smallest absolute Gasteiger partial charge is 0.368 e. The van der Waals surface area contributed by atoms with Crippen LogP contribution in [0.15, 0.2) is 18.2 Å². The van der Waals surface area contributed by atoms with Crippen LogP contribution in [-0.4, -0.2) is 9.97 Å². The summed E-state index contributed by atoms with van der Waals surface area (Å²) in [4.78, 5) is 6.78. The zero-order chi connectivity index (χ0) is 15.8. The average Bonchev–Trinajstić information content (AvgIpc) is 2.34. The molecule has 2 rings (SSSR count). The van der Waals surface area contributed by atoms with Crippen LogP contribution in [0.25, 0.3) is 0 Å². The molecule has 0 bridgehead atoms. The van der Waals surface area contributed by atoms with E-state index in [2.05, 4.69) is 15.3 Å². The van der Waals surface area contributed by atoms with Crippen LogP contribution in [0.4, 0.5) is 30.6 Å². The molecular formula is C11H6Cl3F3N4. The van der Waals surface area contributed by atoms with Crippen LogP contribution in [0, 0.1) is 0 Å². The van der Waals surface area contributed by atoms with E-state index in [0.717, 1.165) is 0 Å². The van der Waals surface area contributed by atoms with Crippen LogP contribution < -0.4 is 11.1 Å². The Hall–Kier alpha value is -1.44. The van der Waals surface area contributed by atoms with Gasteiger partial charge in [-0.15, -0.1) is 0 Å². The van der Waals surface area contributed by atoms with Crippen molar-refractivity contribution >= 4 is 52.3 Å². The maximum Gasteiger partial charge on any atom is 0.433 e. The van der Waals surface area contributed by atoms with Gasteiger partial charge in [0.15, 0.2) is 5.69 Å². The van der Waals surface area contributed by atoms with Crippen molar-refractivity contribution in [3.05, 3.63) is 39.0 Å². The summed E-state index contributed by atoms with van der Waals surface area (Å²) >= 11 is 17.5. The predicted molar refractivity (Wildman–Crippen MR) is 76.2 cm³/mol. The molecule has 0 aliphatic heterocycles. The molecule has 0 saturated heterocycles. The largest absolute Gasteiger partial charge is 0.433 e. The monoisotopic (exact) mass is 356 g/mol. The van der Waals surface area contributed by atoms with E-state index in [-0.39, 0.29) is 26.6 Å². The van der Waals surface area contributed by atoms with E-state index >= 15 is 0 Å². The summed E-state index contributed by atoms with van der Waals surface area (Å²) in [5.74, 6) is -0.696. The zero-order valence-electron chi connectivity index (χ0n) is 9.97. The highest BCUT2D eigenvalue weighted by Gasteiger charge is 2.33. The van der Waals surface area contributed by atoms with Gasteiger partial charge < -0.3 is 11.1 Å². The first-order valence-corrected chi connectivity index (χ1v) is 6.43. The molecule has 112 valence electrons. The highest BCUT2D eigenvalue weighted by Crippen LogP contribution is 2.35. The Morgan fingerprint density at radius 3 is 2.19 bits per heavy atom. The highest BCUT2D eigenvalue weighted by molar-refractivity contribution is 6.44. The van der Waals surface area contributed by atoms with Crippen molar-refractivity contribution in [3.63, 3.8) is 0 Å². The lowest BCUT2D eigenvalue weighted by Crippen LogP contribution is -2.12. The lowest BCUT2D eigenvalue weighted by molar-refractivity contribution is -0.141. The van der Waals surface area contributed by atoms with E-state index in [1.54, 1.807) is 0 Å². The summed E-state index contributed by atoms with van der Waals surface area (Å²) in [5, 5.41) is 3.14. The fraction of sp³-hybridized carbons (Fsp3) is 0.0909. The summed E-state index contributed by atoms with van der Waals surface area (Å²) in [5.41, 5.74) is 4.32. The number of benzene rings is 1. The Morgan fingerprint density at radius 1 is 0.952 bits per heavy atom. The molecule has 0 atom stereocenters. The SMILES string of the molecule is Nc1nc(Nc2cc(Cl)c(Cl)cc2Cl)cc(C(F)(F)F)n1. The molecule has 1 heterocycles. The van der Waals surface area contributed by atoms with Crippen LogP contribution in [-0.2, 0) is 6.18 Å². The first kappa shape index (κ1) is 15.9. The maximum atomic E-state index is 12.6. The molecule has 0 spiro atoms. The maximum absolute atomic E-state index is 12.6. The number of nitrogen functional groups attached to an aromatic ring is 1. The van der Waals surface area contributed by atoms with Gasteiger partial charge >= 0.3 is 6.18 Å². The lowest BCUT2D eigenvalue weighted by atomic mass is 10.3. The number of halogens is 6. The van der Waals surface area contributed by atoms with Gasteiger partial charge in [0.1, 0.15) is 5.82 Å². The summed E-state index contributed by atoms with van der Waals surface area (Å²) in [6, 6.07) is 3.41. The van der Waals surface area contributed by atoms with Crippen LogP contribution in [0.3, 0.4) is 0 Å². The van der Waals surface area contributed by atoms with Crippen LogP contribution in [0.1, 0.15) is 5.69 Å². The predicted octanol–water partition coefficient (Wildman–Crippen LogP) is 4.78. The minimum Gasteiger partial charge on any atom is -0.368 e. The first-order valence-electron chi connectivity index (χ1n) is 5.30. The molecule has 21 heavy (non-hydrogen) atoms. The van der Waals surface area contributed by atoms with Gasteiger partial charge in [-0.3, -0.25) is 0 Å². The molecule has 0 amide bonds. The Morgan fingerprint density at radius 2 is 1.57 bits per heavy atom. The normalized spacial score (nSPS) is 11.5. The molecule has 0 aliphatic rings. The van der Waals surface area contributed by atoms with Crippen LogP contribution in [0.5, 0.6) is 0 Å². The van der Waals surface area contributed by atoms with Crippen molar-refractivity contribution in [1.82, 2.24) is 9.97 Å². The standard InChI is InChI=1S/C11H6Cl3F3N4/c12-4-1-6(14)7(2-5(4)13)19-9-3-8(11(15,16)17)20-10(18)21-9/h1-3H,(H3,18,19,20,21). The Kier molecular flexibility index (Phi) is 4.36. The Labute approximate surface area is 132 Å². The lowest BCUT2D eigenvalue weighted by Gasteiger charge is -2.12. The molecule has 1 aromatic carbocycles. The van der Waals surface area contributed by atoms with Gasteiger partial charge in [-0.2, -0.15) is 18.2 Å². The molecule has 0 radical (unpaired) electrons. The van der Waals surface area contributed by atoms with Gasteiger partial charge in [0.05, 0.1) is 20.8 Å². The Bertz CT molecular complexity index is 691. The Balaban J connectivity index is 2.40. The molecule has 4 nitrogen and oxygen atoms in total. The summed E-state index contributed by atoms with van der Waals surface area (Å²) in [6.45, 7) is 0. The van der Waals surface area contributed by atoms with Crippen molar-refractivity contribution in [1.29, 1.82) is 0 Å². The minimum atomic E-state index is -4.64. The topological polar surface area (TPSA) is 63.8 Å². The number of nitrogens with one attached hydrogen (secondary N) is 1. The van der Waals surface area contributed by atoms with Crippen molar-refractivity contribution in [2.24, 2.45) is 0 Å². The zero-order valence-corrected chi connectivity index (χ0v) is 12.2. The molecule has 0 unspecified atom stereocenters. The van der Waals surface area contributed by atoms with Gasteiger partial charge in [-0.25, -0.2) is 4.98 Å². The second kappa shape index (κ2) is 5.75. The molecule has 0 aliphatic carbocycles.